The van der Waals surface area contributed by atoms with Crippen molar-refractivity contribution in [2.45, 2.75) is 38.6 Å². The molecule has 1 aromatic rings. The Labute approximate surface area is 96.6 Å². The molecule has 16 heavy (non-hydrogen) atoms. The predicted octanol–water partition coefficient (Wildman–Crippen LogP) is 2.90. The quantitative estimate of drug-likeness (QED) is 0.666. The largest absolute Gasteiger partial charge is 0.350 e. The molecule has 1 saturated heterocycles. The van der Waals surface area contributed by atoms with Crippen molar-refractivity contribution in [3.8, 4) is 0 Å². The molecule has 0 aromatic heterocycles. The van der Waals surface area contributed by atoms with Crippen molar-refractivity contribution < 1.29 is 9.47 Å². The van der Waals surface area contributed by atoms with Crippen LogP contribution in [0.15, 0.2) is 24.3 Å². The molecule has 0 bridgehead atoms. The Bertz CT molecular complexity index is 388. The minimum Gasteiger partial charge on any atom is -0.350 e. The van der Waals surface area contributed by atoms with Crippen molar-refractivity contribution in [1.82, 2.24) is 0 Å². The Kier molecular flexibility index (Phi) is 2.49. The molecule has 2 heterocycles. The molecule has 2 aliphatic heterocycles. The fourth-order valence-corrected chi connectivity index (χ4v) is 2.78. The molecule has 0 aliphatic carbocycles. The van der Waals surface area contributed by atoms with Gasteiger partial charge in [-0.05, 0) is 23.5 Å². The number of fused-ring (bicyclic) bond motifs is 1. The maximum Gasteiger partial charge on any atom is 0.172 e. The van der Waals surface area contributed by atoms with E-state index in [1.165, 1.54) is 11.1 Å². The van der Waals surface area contributed by atoms with Gasteiger partial charge in [0.05, 0.1) is 13.2 Å². The minimum absolute atomic E-state index is 0.327. The van der Waals surface area contributed by atoms with Crippen LogP contribution in [0.2, 0.25) is 0 Å². The highest BCUT2D eigenvalue weighted by molar-refractivity contribution is 5.29. The zero-order valence-corrected chi connectivity index (χ0v) is 9.74. The van der Waals surface area contributed by atoms with Gasteiger partial charge in [0.1, 0.15) is 0 Å². The van der Waals surface area contributed by atoms with Crippen LogP contribution in [0.25, 0.3) is 0 Å². The minimum atomic E-state index is -0.327. The Morgan fingerprint density at radius 2 is 2.00 bits per heavy atom. The SMILES string of the molecule is CC1CCOC2(Cc3ccccc3CO2)C1. The van der Waals surface area contributed by atoms with Crippen LogP contribution in [0.4, 0.5) is 0 Å². The lowest BCUT2D eigenvalue weighted by molar-refractivity contribution is -0.274. The maximum absolute atomic E-state index is 5.98. The molecule has 0 amide bonds. The van der Waals surface area contributed by atoms with Gasteiger partial charge in [0, 0.05) is 12.8 Å². The Balaban J connectivity index is 1.86. The van der Waals surface area contributed by atoms with Crippen LogP contribution in [-0.4, -0.2) is 12.4 Å². The number of hydrogen-bond donors (Lipinski definition) is 0. The first-order chi connectivity index (χ1) is 7.77. The van der Waals surface area contributed by atoms with E-state index >= 15 is 0 Å². The van der Waals surface area contributed by atoms with Gasteiger partial charge in [-0.3, -0.25) is 0 Å². The van der Waals surface area contributed by atoms with E-state index in [-0.39, 0.29) is 5.79 Å². The average molecular weight is 218 g/mol. The molecule has 2 nitrogen and oxygen atoms in total. The first-order valence-corrected chi connectivity index (χ1v) is 6.12. The van der Waals surface area contributed by atoms with E-state index in [2.05, 4.69) is 31.2 Å². The number of hydrogen-bond acceptors (Lipinski definition) is 2. The molecule has 0 N–H and O–H groups in total. The maximum atomic E-state index is 5.98. The highest BCUT2D eigenvalue weighted by atomic mass is 16.7. The standard InChI is InChI=1S/C14H18O2/c1-11-6-7-15-14(8-11)9-12-4-2-3-5-13(12)10-16-14/h2-5,11H,6-10H2,1H3. The zero-order chi connectivity index (χ0) is 11.0. The highest BCUT2D eigenvalue weighted by Crippen LogP contribution is 2.37. The van der Waals surface area contributed by atoms with Crippen LogP contribution in [0.3, 0.4) is 0 Å². The highest BCUT2D eigenvalue weighted by Gasteiger charge is 2.40. The van der Waals surface area contributed by atoms with E-state index in [0.717, 1.165) is 25.9 Å². The average Bonchev–Trinajstić information content (AvgIpc) is 2.28. The smallest absolute Gasteiger partial charge is 0.172 e. The van der Waals surface area contributed by atoms with E-state index in [0.29, 0.717) is 12.5 Å². The summed E-state index contributed by atoms with van der Waals surface area (Å²) in [5, 5.41) is 0. The van der Waals surface area contributed by atoms with Gasteiger partial charge in [0.2, 0.25) is 0 Å². The van der Waals surface area contributed by atoms with Crippen molar-refractivity contribution in [3.05, 3.63) is 35.4 Å². The van der Waals surface area contributed by atoms with Gasteiger partial charge in [-0.25, -0.2) is 0 Å². The van der Waals surface area contributed by atoms with Gasteiger partial charge in [-0.2, -0.15) is 0 Å². The molecule has 3 rings (SSSR count). The molecule has 0 radical (unpaired) electrons. The Morgan fingerprint density at radius 3 is 2.81 bits per heavy atom. The second-order valence-corrected chi connectivity index (χ2v) is 5.09. The summed E-state index contributed by atoms with van der Waals surface area (Å²) in [7, 11) is 0. The zero-order valence-electron chi connectivity index (χ0n) is 9.74. The third-order valence-corrected chi connectivity index (χ3v) is 3.70. The van der Waals surface area contributed by atoms with Crippen molar-refractivity contribution in [1.29, 1.82) is 0 Å². The number of ether oxygens (including phenoxy) is 2. The van der Waals surface area contributed by atoms with Crippen LogP contribution in [0.1, 0.15) is 30.9 Å². The lowest BCUT2D eigenvalue weighted by atomic mass is 9.87. The first kappa shape index (κ1) is 10.3. The molecule has 1 spiro atoms. The summed E-state index contributed by atoms with van der Waals surface area (Å²) in [5.41, 5.74) is 2.71. The Hall–Kier alpha value is -0.860. The topological polar surface area (TPSA) is 18.5 Å². The van der Waals surface area contributed by atoms with E-state index in [1.807, 2.05) is 0 Å². The molecular weight excluding hydrogens is 200 g/mol. The molecule has 2 unspecified atom stereocenters. The number of benzene rings is 1. The van der Waals surface area contributed by atoms with Crippen LogP contribution >= 0.6 is 0 Å². The summed E-state index contributed by atoms with van der Waals surface area (Å²) in [6, 6.07) is 8.52. The van der Waals surface area contributed by atoms with Gasteiger partial charge in [0.15, 0.2) is 5.79 Å². The Morgan fingerprint density at radius 1 is 1.19 bits per heavy atom. The summed E-state index contributed by atoms with van der Waals surface area (Å²) in [5.74, 6) is 0.380. The lowest BCUT2D eigenvalue weighted by Crippen LogP contribution is -2.45. The predicted molar refractivity (Wildman–Crippen MR) is 62.0 cm³/mol. The van der Waals surface area contributed by atoms with Gasteiger partial charge in [0.25, 0.3) is 0 Å². The first-order valence-electron chi connectivity index (χ1n) is 6.12. The molecule has 86 valence electrons. The van der Waals surface area contributed by atoms with Crippen LogP contribution in [-0.2, 0) is 22.5 Å². The molecule has 2 atom stereocenters. The van der Waals surface area contributed by atoms with Crippen molar-refractivity contribution >= 4 is 0 Å². The summed E-state index contributed by atoms with van der Waals surface area (Å²) in [4.78, 5) is 0. The van der Waals surface area contributed by atoms with E-state index < -0.39 is 0 Å². The van der Waals surface area contributed by atoms with Crippen LogP contribution < -0.4 is 0 Å². The number of rotatable bonds is 0. The van der Waals surface area contributed by atoms with Crippen molar-refractivity contribution in [3.63, 3.8) is 0 Å². The van der Waals surface area contributed by atoms with E-state index in [1.54, 1.807) is 0 Å². The summed E-state index contributed by atoms with van der Waals surface area (Å²) in [6.07, 6.45) is 3.10. The fourth-order valence-electron chi connectivity index (χ4n) is 2.78. The van der Waals surface area contributed by atoms with Crippen molar-refractivity contribution in [2.75, 3.05) is 6.61 Å². The molecule has 0 saturated carbocycles. The molecule has 2 heteroatoms. The van der Waals surface area contributed by atoms with Crippen LogP contribution in [0, 0.1) is 5.92 Å². The normalized spacial score (nSPS) is 33.7. The van der Waals surface area contributed by atoms with Gasteiger partial charge < -0.3 is 9.47 Å². The molecule has 1 fully saturated rings. The molecular formula is C14H18O2. The monoisotopic (exact) mass is 218 g/mol. The second-order valence-electron chi connectivity index (χ2n) is 5.09. The van der Waals surface area contributed by atoms with E-state index in [9.17, 15) is 0 Å². The summed E-state index contributed by atoms with van der Waals surface area (Å²) in [6.45, 7) is 3.82. The fraction of sp³-hybridized carbons (Fsp3) is 0.571. The lowest BCUT2D eigenvalue weighted by Gasteiger charge is -2.42. The third-order valence-electron chi connectivity index (χ3n) is 3.70. The van der Waals surface area contributed by atoms with Crippen molar-refractivity contribution in [2.24, 2.45) is 5.92 Å². The molecule has 2 aliphatic rings. The van der Waals surface area contributed by atoms with Gasteiger partial charge in [-0.1, -0.05) is 31.2 Å². The van der Waals surface area contributed by atoms with E-state index in [4.69, 9.17) is 9.47 Å². The van der Waals surface area contributed by atoms with Gasteiger partial charge in [-0.15, -0.1) is 0 Å². The van der Waals surface area contributed by atoms with Crippen LogP contribution in [0.5, 0.6) is 0 Å². The summed E-state index contributed by atoms with van der Waals surface area (Å²) >= 11 is 0. The van der Waals surface area contributed by atoms with Gasteiger partial charge >= 0.3 is 0 Å². The third kappa shape index (κ3) is 1.76. The second kappa shape index (κ2) is 3.86. The summed E-state index contributed by atoms with van der Waals surface area (Å²) < 4.78 is 11.9. The molecule has 1 aromatic carbocycles.